The average Bonchev–Trinajstić information content (AvgIpc) is 3.43. The fraction of sp³-hybridized carbons (Fsp3) is 0.421. The zero-order valence-electron chi connectivity index (χ0n) is 33.2. The number of methoxy groups -OCH3 is 1. The van der Waals surface area contributed by atoms with E-state index in [9.17, 15) is 43.7 Å². The largest absolute Gasteiger partial charge is 1.00 e. The van der Waals surface area contributed by atoms with Crippen LogP contribution < -0.4 is 64.0 Å². The fourth-order valence-corrected chi connectivity index (χ4v) is 8.76. The van der Waals surface area contributed by atoms with E-state index in [1.807, 2.05) is 43.9 Å². The van der Waals surface area contributed by atoms with Gasteiger partial charge in [0.2, 0.25) is 5.69 Å². The van der Waals surface area contributed by atoms with E-state index in [2.05, 4.69) is 4.58 Å². The summed E-state index contributed by atoms with van der Waals surface area (Å²) in [6.45, 7) is 6.98. The first-order chi connectivity index (χ1) is 25.6. The summed E-state index contributed by atoms with van der Waals surface area (Å²) in [5, 5.41) is 9.01. The van der Waals surface area contributed by atoms with Gasteiger partial charge in [-0.3, -0.25) is 13.9 Å². The second-order valence-electron chi connectivity index (χ2n) is 14.2. The number of carboxylic acid groups (broad SMARTS) is 1. The van der Waals surface area contributed by atoms with Crippen molar-refractivity contribution < 1.29 is 117 Å². The van der Waals surface area contributed by atoms with Gasteiger partial charge in [-0.25, -0.2) is 8.42 Å². The smallest absolute Gasteiger partial charge is 0.744 e. The maximum atomic E-state index is 12.1. The predicted octanol–water partition coefficient (Wildman–Crippen LogP) is -0.489. The molecule has 0 spiro atoms. The molecular weight excluding hydrogens is 819 g/mol. The summed E-state index contributed by atoms with van der Waals surface area (Å²) in [5.41, 5.74) is 2.69. The third-order valence-electron chi connectivity index (χ3n) is 9.98. The predicted molar refractivity (Wildman–Crippen MR) is 207 cm³/mol. The fourth-order valence-electron chi connectivity index (χ4n) is 7.25. The van der Waals surface area contributed by atoms with Gasteiger partial charge in [-0.2, -0.15) is 21.4 Å². The molecule has 2 aliphatic heterocycles. The topological polar surface area (TPSA) is 219 Å². The summed E-state index contributed by atoms with van der Waals surface area (Å²) in [6.07, 6.45) is 15.0. The molecule has 4 rings (SSSR count). The SMILES string of the molecule is COCCN1C(=CC=CC=CC=CC2=[N+](CCCCCC(=O)O)c3ccc(S(=O)(=O)[O-])cc3C2(C)C)C(C)(CCCS(=O)(=O)O)c2cc(S(=O)(=O)O)ccc21.[Na+].[Na+]. The van der Waals surface area contributed by atoms with Gasteiger partial charge in [0.05, 0.1) is 27.6 Å². The number of hydrogen-bond acceptors (Lipinski definition) is 10. The van der Waals surface area contributed by atoms with Gasteiger partial charge in [0.15, 0.2) is 5.71 Å². The van der Waals surface area contributed by atoms with Gasteiger partial charge in [-0.05, 0) is 88.4 Å². The summed E-state index contributed by atoms with van der Waals surface area (Å²) in [4.78, 5) is 12.3. The van der Waals surface area contributed by atoms with Crippen molar-refractivity contribution in [1.82, 2.24) is 0 Å². The molecule has 0 bridgehead atoms. The summed E-state index contributed by atoms with van der Waals surface area (Å²) in [7, 11) is -11.9. The van der Waals surface area contributed by atoms with Gasteiger partial charge in [0.25, 0.3) is 20.2 Å². The molecule has 2 aromatic carbocycles. The summed E-state index contributed by atoms with van der Waals surface area (Å²) in [6, 6.07) is 8.61. The van der Waals surface area contributed by atoms with Crippen LogP contribution in [-0.4, -0.2) is 92.8 Å². The van der Waals surface area contributed by atoms with Crippen LogP contribution >= 0.6 is 0 Å². The number of anilines is 1. The third-order valence-corrected chi connectivity index (χ3v) is 12.5. The first-order valence-electron chi connectivity index (χ1n) is 17.6. The Hall–Kier alpha value is -1.97. The minimum absolute atomic E-state index is 0. The maximum absolute atomic E-state index is 12.1. The Labute approximate surface area is 380 Å². The van der Waals surface area contributed by atoms with Gasteiger partial charge < -0.3 is 19.3 Å². The normalized spacial score (nSPS) is 18.7. The van der Waals surface area contributed by atoms with E-state index in [0.29, 0.717) is 55.8 Å². The molecule has 0 saturated carbocycles. The Morgan fingerprint density at radius 2 is 1.49 bits per heavy atom. The molecule has 0 saturated heterocycles. The standard InChI is InChI=1S/C38H48N2O12S3.2Na/c1-37(2)30-26-28(54(46,47)48)17-19-32(30)39(22-12-8-11-16-36(41)42)34(37)14-9-6-5-7-10-15-35-38(3,21-13-25-53(43,44)45)31-27-29(55(49,50)51)18-20-33(31)40(35)23-24-52-4;;/h5-7,9-10,14-15,17-20,26-27H,8,11-13,16,21-25H2,1-4H3,(H3-,41,42,43,44,45,46,47,48,49,50,51);;/q;2*+1. The number of carboxylic acids is 1. The van der Waals surface area contributed by atoms with Crippen molar-refractivity contribution in [2.45, 2.75) is 79.9 Å². The first-order valence-corrected chi connectivity index (χ1v) is 22.1. The van der Waals surface area contributed by atoms with Crippen molar-refractivity contribution in [2.24, 2.45) is 0 Å². The molecule has 57 heavy (non-hydrogen) atoms. The van der Waals surface area contributed by atoms with E-state index in [-0.39, 0.29) is 88.2 Å². The second-order valence-corrected chi connectivity index (χ2v) is 18.6. The van der Waals surface area contributed by atoms with Gasteiger partial charge >= 0.3 is 65.1 Å². The maximum Gasteiger partial charge on any atom is 1.00 e. The van der Waals surface area contributed by atoms with Crippen LogP contribution in [0.3, 0.4) is 0 Å². The molecule has 14 nitrogen and oxygen atoms in total. The average molecular weight is 867 g/mol. The van der Waals surface area contributed by atoms with Crippen molar-refractivity contribution >= 4 is 53.4 Å². The summed E-state index contributed by atoms with van der Waals surface area (Å²) >= 11 is 0. The molecule has 2 aromatic rings. The Bertz CT molecular complexity index is 2290. The summed E-state index contributed by atoms with van der Waals surface area (Å²) in [5.74, 6) is -1.35. The molecule has 2 aliphatic rings. The van der Waals surface area contributed by atoms with E-state index in [0.717, 1.165) is 17.1 Å². The molecule has 0 fully saturated rings. The van der Waals surface area contributed by atoms with Crippen LogP contribution in [0.25, 0.3) is 0 Å². The minimum Gasteiger partial charge on any atom is -0.744 e. The Balaban J connectivity index is 0.00000561. The molecule has 1 unspecified atom stereocenters. The van der Waals surface area contributed by atoms with Crippen molar-refractivity contribution in [3.8, 4) is 0 Å². The molecule has 2 heterocycles. The second kappa shape index (κ2) is 21.0. The number of allylic oxidation sites excluding steroid dienone is 8. The van der Waals surface area contributed by atoms with Crippen molar-refractivity contribution in [1.29, 1.82) is 0 Å². The monoisotopic (exact) mass is 866 g/mol. The molecule has 0 amide bonds. The quantitative estimate of drug-likeness (QED) is 0.0535. The number of nitrogens with zero attached hydrogens (tertiary/aromatic N) is 2. The zero-order chi connectivity index (χ0) is 40.8. The van der Waals surface area contributed by atoms with Crippen LogP contribution in [0.1, 0.15) is 70.4 Å². The van der Waals surface area contributed by atoms with Crippen molar-refractivity contribution in [3.63, 3.8) is 0 Å². The number of rotatable bonds is 19. The molecular formula is C38H48N2Na2O12S3+2. The number of unbranched alkanes of at least 4 members (excludes halogenated alkanes) is 2. The van der Waals surface area contributed by atoms with Crippen molar-refractivity contribution in [2.75, 3.05) is 37.5 Å². The Kier molecular flexibility index (Phi) is 18.9. The van der Waals surface area contributed by atoms with E-state index >= 15 is 0 Å². The Morgan fingerprint density at radius 1 is 0.860 bits per heavy atom. The molecule has 0 radical (unpaired) electrons. The molecule has 19 heteroatoms. The van der Waals surface area contributed by atoms with Crippen LogP contribution in [0.4, 0.5) is 11.4 Å². The molecule has 0 aliphatic carbocycles. The molecule has 3 N–H and O–H groups in total. The first kappa shape index (κ1) is 51.2. The number of carbonyl (C=O) groups is 1. The molecule has 1 atom stereocenters. The number of hydrogen-bond donors (Lipinski definition) is 3. The van der Waals surface area contributed by atoms with Gasteiger partial charge in [0, 0.05) is 61.0 Å². The van der Waals surface area contributed by atoms with E-state index in [1.54, 1.807) is 43.5 Å². The van der Waals surface area contributed by atoms with Crippen LogP contribution in [0, 0.1) is 0 Å². The van der Waals surface area contributed by atoms with Gasteiger partial charge in [-0.15, -0.1) is 0 Å². The summed E-state index contributed by atoms with van der Waals surface area (Å²) < 4.78 is 109. The van der Waals surface area contributed by atoms with E-state index in [4.69, 9.17) is 9.84 Å². The van der Waals surface area contributed by atoms with E-state index < -0.39 is 52.9 Å². The van der Waals surface area contributed by atoms with Crippen LogP contribution in [-0.2, 0) is 50.7 Å². The number of ether oxygens (including phenoxy) is 1. The minimum atomic E-state index is -4.68. The molecule has 300 valence electrons. The van der Waals surface area contributed by atoms with Crippen LogP contribution in [0.15, 0.2) is 94.4 Å². The molecule has 0 aromatic heterocycles. The van der Waals surface area contributed by atoms with Gasteiger partial charge in [-0.1, -0.05) is 30.4 Å². The van der Waals surface area contributed by atoms with Crippen molar-refractivity contribution in [3.05, 3.63) is 95.8 Å². The Morgan fingerprint density at radius 3 is 2.11 bits per heavy atom. The number of aliphatic carboxylic acids is 1. The van der Waals surface area contributed by atoms with Crippen LogP contribution in [0.5, 0.6) is 0 Å². The van der Waals surface area contributed by atoms with Gasteiger partial charge in [0.1, 0.15) is 16.7 Å². The number of benzene rings is 2. The number of fused-ring (bicyclic) bond motifs is 2. The van der Waals surface area contributed by atoms with E-state index in [1.165, 1.54) is 24.3 Å². The third kappa shape index (κ3) is 13.0. The zero-order valence-corrected chi connectivity index (χ0v) is 39.7. The van der Waals surface area contributed by atoms with Crippen LogP contribution in [0.2, 0.25) is 0 Å².